The highest BCUT2D eigenvalue weighted by Gasteiger charge is 2.21. The van der Waals surface area contributed by atoms with Crippen LogP contribution < -0.4 is 5.73 Å². The third-order valence-corrected chi connectivity index (χ3v) is 3.65. The molecule has 1 aromatic carbocycles. The number of para-hydroxylation sites is 1. The van der Waals surface area contributed by atoms with E-state index < -0.39 is 6.10 Å². The minimum absolute atomic E-state index is 0.375. The van der Waals surface area contributed by atoms with Crippen molar-refractivity contribution in [3.8, 4) is 0 Å². The fourth-order valence-corrected chi connectivity index (χ4v) is 2.48. The largest absolute Gasteiger partial charge is 0.398 e. The molecule has 0 radical (unpaired) electrons. The second-order valence-corrected chi connectivity index (χ2v) is 4.88. The van der Waals surface area contributed by atoms with Gasteiger partial charge in [0.25, 0.3) is 0 Å². The summed E-state index contributed by atoms with van der Waals surface area (Å²) in [6.07, 6.45) is 1.94. The predicted molar refractivity (Wildman–Crippen MR) is 72.3 cm³/mol. The van der Waals surface area contributed by atoms with Crippen molar-refractivity contribution in [3.63, 3.8) is 0 Å². The number of likely N-dealkylation sites (tertiary alicyclic amines) is 1. The molecule has 0 amide bonds. The molecule has 1 aromatic rings. The fourth-order valence-electron chi connectivity index (χ4n) is 2.48. The lowest BCUT2D eigenvalue weighted by molar-refractivity contribution is 0.0243. The van der Waals surface area contributed by atoms with Gasteiger partial charge in [-0.15, -0.1) is 0 Å². The lowest BCUT2D eigenvalue weighted by atomic mass is 10.0. The van der Waals surface area contributed by atoms with E-state index in [4.69, 9.17) is 10.5 Å². The number of nitrogens with two attached hydrogens (primary N) is 1. The summed E-state index contributed by atoms with van der Waals surface area (Å²) in [4.78, 5) is 2.27. The maximum absolute atomic E-state index is 10.2. The summed E-state index contributed by atoms with van der Waals surface area (Å²) in [6.45, 7) is 2.59. The molecular formula is C14H22N2O2. The average molecular weight is 250 g/mol. The van der Waals surface area contributed by atoms with E-state index >= 15 is 0 Å². The molecule has 2 rings (SSSR count). The van der Waals surface area contributed by atoms with Gasteiger partial charge in [0, 0.05) is 38.0 Å². The first-order valence-electron chi connectivity index (χ1n) is 6.48. The lowest BCUT2D eigenvalue weighted by Crippen LogP contribution is -2.39. The van der Waals surface area contributed by atoms with Gasteiger partial charge in [-0.2, -0.15) is 0 Å². The number of benzene rings is 1. The maximum atomic E-state index is 10.2. The molecule has 4 nitrogen and oxygen atoms in total. The van der Waals surface area contributed by atoms with Crippen molar-refractivity contribution < 1.29 is 9.84 Å². The van der Waals surface area contributed by atoms with Gasteiger partial charge < -0.3 is 20.5 Å². The van der Waals surface area contributed by atoms with Crippen LogP contribution in [-0.4, -0.2) is 42.9 Å². The van der Waals surface area contributed by atoms with Gasteiger partial charge in [-0.3, -0.25) is 0 Å². The minimum Gasteiger partial charge on any atom is -0.398 e. The Morgan fingerprint density at radius 2 is 2.06 bits per heavy atom. The van der Waals surface area contributed by atoms with Crippen LogP contribution >= 0.6 is 0 Å². The Morgan fingerprint density at radius 3 is 2.67 bits per heavy atom. The Morgan fingerprint density at radius 1 is 1.39 bits per heavy atom. The third-order valence-electron chi connectivity index (χ3n) is 3.65. The normalized spacial score (nSPS) is 19.9. The summed E-state index contributed by atoms with van der Waals surface area (Å²) in [5.41, 5.74) is 7.36. The molecule has 0 bridgehead atoms. The van der Waals surface area contributed by atoms with E-state index in [1.165, 1.54) is 0 Å². The SMILES string of the molecule is COC1CCN(CC(O)c2ccccc2N)CC1. The van der Waals surface area contributed by atoms with Crippen LogP contribution in [-0.2, 0) is 4.74 Å². The van der Waals surface area contributed by atoms with Crippen LogP contribution in [0.2, 0.25) is 0 Å². The van der Waals surface area contributed by atoms with E-state index in [1.54, 1.807) is 7.11 Å². The maximum Gasteiger partial charge on any atom is 0.0936 e. The monoisotopic (exact) mass is 250 g/mol. The molecule has 1 fully saturated rings. The van der Waals surface area contributed by atoms with Crippen LogP contribution in [0, 0.1) is 0 Å². The van der Waals surface area contributed by atoms with Crippen molar-refractivity contribution in [1.82, 2.24) is 4.90 Å². The first-order valence-corrected chi connectivity index (χ1v) is 6.48. The van der Waals surface area contributed by atoms with E-state index in [9.17, 15) is 5.11 Å². The van der Waals surface area contributed by atoms with Crippen LogP contribution in [0.5, 0.6) is 0 Å². The molecule has 1 saturated heterocycles. The van der Waals surface area contributed by atoms with Gasteiger partial charge in [-0.25, -0.2) is 0 Å². The number of hydrogen-bond acceptors (Lipinski definition) is 4. The standard InChI is InChI=1S/C14H22N2O2/c1-18-11-6-8-16(9-7-11)10-14(17)12-4-2-3-5-13(12)15/h2-5,11,14,17H,6-10,15H2,1H3. The molecule has 1 unspecified atom stereocenters. The number of ether oxygens (including phenoxy) is 1. The molecule has 4 heteroatoms. The quantitative estimate of drug-likeness (QED) is 0.793. The van der Waals surface area contributed by atoms with E-state index in [0.29, 0.717) is 18.3 Å². The molecule has 0 aromatic heterocycles. The van der Waals surface area contributed by atoms with Gasteiger partial charge in [-0.1, -0.05) is 18.2 Å². The van der Waals surface area contributed by atoms with Crippen LogP contribution in [0.4, 0.5) is 5.69 Å². The highest BCUT2D eigenvalue weighted by Crippen LogP contribution is 2.22. The van der Waals surface area contributed by atoms with Crippen LogP contribution in [0.25, 0.3) is 0 Å². The Kier molecular flexibility index (Phi) is 4.58. The molecule has 1 aliphatic heterocycles. The number of aliphatic hydroxyl groups excluding tert-OH is 1. The smallest absolute Gasteiger partial charge is 0.0936 e. The Bertz CT molecular complexity index is 376. The van der Waals surface area contributed by atoms with Crippen LogP contribution in [0.1, 0.15) is 24.5 Å². The number of β-amino-alcohol motifs (C(OH)–C–C–N with tert-alkyl or cyclic N) is 1. The molecule has 100 valence electrons. The van der Waals surface area contributed by atoms with Crippen molar-refractivity contribution in [2.75, 3.05) is 32.5 Å². The number of nitrogens with zero attached hydrogens (tertiary/aromatic N) is 1. The van der Waals surface area contributed by atoms with Crippen molar-refractivity contribution in [3.05, 3.63) is 29.8 Å². The van der Waals surface area contributed by atoms with Gasteiger partial charge in [0.15, 0.2) is 0 Å². The summed E-state index contributed by atoms with van der Waals surface area (Å²) in [7, 11) is 1.76. The number of methoxy groups -OCH3 is 1. The zero-order valence-corrected chi connectivity index (χ0v) is 10.9. The Labute approximate surface area is 108 Å². The third kappa shape index (κ3) is 3.22. The first-order chi connectivity index (χ1) is 8.70. The molecule has 0 spiro atoms. The number of aliphatic hydroxyl groups is 1. The number of anilines is 1. The van der Waals surface area contributed by atoms with Crippen molar-refractivity contribution in [2.24, 2.45) is 0 Å². The molecule has 18 heavy (non-hydrogen) atoms. The number of rotatable bonds is 4. The molecule has 1 atom stereocenters. The van der Waals surface area contributed by atoms with Crippen LogP contribution in [0.3, 0.4) is 0 Å². The van der Waals surface area contributed by atoms with Gasteiger partial charge in [0.05, 0.1) is 12.2 Å². The second-order valence-electron chi connectivity index (χ2n) is 4.88. The second kappa shape index (κ2) is 6.18. The lowest BCUT2D eigenvalue weighted by Gasteiger charge is -2.32. The summed E-state index contributed by atoms with van der Waals surface area (Å²) in [5.74, 6) is 0. The fraction of sp³-hybridized carbons (Fsp3) is 0.571. The number of hydrogen-bond donors (Lipinski definition) is 2. The van der Waals surface area contributed by atoms with E-state index in [0.717, 1.165) is 31.5 Å². The van der Waals surface area contributed by atoms with E-state index in [2.05, 4.69) is 4.90 Å². The van der Waals surface area contributed by atoms with Crippen molar-refractivity contribution >= 4 is 5.69 Å². The van der Waals surface area contributed by atoms with E-state index in [-0.39, 0.29) is 0 Å². The molecule has 0 aliphatic carbocycles. The molecule has 1 heterocycles. The molecule has 3 N–H and O–H groups in total. The first kappa shape index (κ1) is 13.3. The van der Waals surface area contributed by atoms with Gasteiger partial charge >= 0.3 is 0 Å². The summed E-state index contributed by atoms with van der Waals surface area (Å²) < 4.78 is 5.34. The number of nitrogen functional groups attached to an aromatic ring is 1. The van der Waals surface area contributed by atoms with E-state index in [1.807, 2.05) is 24.3 Å². The summed E-state index contributed by atoms with van der Waals surface area (Å²) in [6, 6.07) is 7.51. The molecule has 1 aliphatic rings. The zero-order chi connectivity index (χ0) is 13.0. The van der Waals surface area contributed by atoms with Crippen molar-refractivity contribution in [2.45, 2.75) is 25.0 Å². The molecule has 0 saturated carbocycles. The highest BCUT2D eigenvalue weighted by atomic mass is 16.5. The summed E-state index contributed by atoms with van der Waals surface area (Å²) >= 11 is 0. The van der Waals surface area contributed by atoms with Gasteiger partial charge in [0.2, 0.25) is 0 Å². The Hall–Kier alpha value is -1.10. The topological polar surface area (TPSA) is 58.7 Å². The minimum atomic E-state index is -0.509. The zero-order valence-electron chi connectivity index (χ0n) is 10.9. The highest BCUT2D eigenvalue weighted by molar-refractivity contribution is 5.47. The Balaban J connectivity index is 1.89. The molecular weight excluding hydrogens is 228 g/mol. The van der Waals surface area contributed by atoms with Crippen LogP contribution in [0.15, 0.2) is 24.3 Å². The number of piperidine rings is 1. The summed E-state index contributed by atoms with van der Waals surface area (Å²) in [5, 5.41) is 10.2. The predicted octanol–water partition coefficient (Wildman–Crippen LogP) is 1.41. The van der Waals surface area contributed by atoms with Gasteiger partial charge in [-0.05, 0) is 18.9 Å². The average Bonchev–Trinajstić information content (AvgIpc) is 2.40. The van der Waals surface area contributed by atoms with Gasteiger partial charge in [0.1, 0.15) is 0 Å². The van der Waals surface area contributed by atoms with Crippen molar-refractivity contribution in [1.29, 1.82) is 0 Å².